The summed E-state index contributed by atoms with van der Waals surface area (Å²) in [5.41, 5.74) is 0.505. The van der Waals surface area contributed by atoms with E-state index in [1.54, 1.807) is 6.07 Å². The molecule has 3 N–H and O–H groups in total. The number of phenols is 1. The normalized spacial score (nSPS) is 17.4. The number of carbonyl (C=O) groups is 1. The lowest BCUT2D eigenvalue weighted by molar-refractivity contribution is -0.905. The SMILES string of the molecule is CN1CC[N+](C)(CC(=O)Nc2ccc(NS(C)(=O)=O)c(O)c2)CC1.[Cl-]. The summed E-state index contributed by atoms with van der Waals surface area (Å²) in [6.45, 7) is 4.09. The zero-order valence-corrected chi connectivity index (χ0v) is 16.2. The molecular weight excluding hydrogens is 368 g/mol. The van der Waals surface area contributed by atoms with Crippen molar-refractivity contribution in [2.45, 2.75) is 0 Å². The Bertz CT molecular complexity index is 718. The van der Waals surface area contributed by atoms with Gasteiger partial charge in [-0.3, -0.25) is 14.4 Å². The number of nitrogens with one attached hydrogen (secondary N) is 2. The Balaban J connectivity index is 0.00000312. The molecule has 1 amide bonds. The Morgan fingerprint density at radius 2 is 1.92 bits per heavy atom. The maximum Gasteiger partial charge on any atom is 0.279 e. The quantitative estimate of drug-likeness (QED) is 0.369. The van der Waals surface area contributed by atoms with Crippen LogP contribution >= 0.6 is 0 Å². The number of halogens is 1. The van der Waals surface area contributed by atoms with E-state index in [1.807, 2.05) is 0 Å². The molecule has 0 aromatic heterocycles. The number of amides is 1. The van der Waals surface area contributed by atoms with Crippen LogP contribution in [0.5, 0.6) is 5.75 Å². The number of benzene rings is 1. The van der Waals surface area contributed by atoms with Gasteiger partial charge in [0.15, 0.2) is 6.54 Å². The third-order valence-corrected chi connectivity index (χ3v) is 4.74. The van der Waals surface area contributed by atoms with Crippen molar-refractivity contribution >= 4 is 27.3 Å². The summed E-state index contributed by atoms with van der Waals surface area (Å²) < 4.78 is 25.3. The third kappa shape index (κ3) is 6.69. The van der Waals surface area contributed by atoms with Crippen LogP contribution in [0.4, 0.5) is 11.4 Å². The Morgan fingerprint density at radius 1 is 1.32 bits per heavy atom. The van der Waals surface area contributed by atoms with Gasteiger partial charge in [0, 0.05) is 24.8 Å². The fourth-order valence-corrected chi connectivity index (χ4v) is 3.22. The number of likely N-dealkylation sites (N-methyl/N-ethyl adjacent to an activating group) is 2. The van der Waals surface area contributed by atoms with Crippen LogP contribution in [-0.2, 0) is 14.8 Å². The molecule has 2 rings (SSSR count). The summed E-state index contributed by atoms with van der Waals surface area (Å²) in [6, 6.07) is 4.29. The summed E-state index contributed by atoms with van der Waals surface area (Å²) in [5.74, 6) is -0.372. The van der Waals surface area contributed by atoms with Gasteiger partial charge in [-0.2, -0.15) is 0 Å². The predicted molar refractivity (Wildman–Crippen MR) is 93.5 cm³/mol. The second kappa shape index (κ2) is 8.22. The van der Waals surface area contributed by atoms with Crippen LogP contribution in [0.3, 0.4) is 0 Å². The van der Waals surface area contributed by atoms with Crippen molar-refractivity contribution in [3.63, 3.8) is 0 Å². The van der Waals surface area contributed by atoms with Crippen molar-refractivity contribution in [3.05, 3.63) is 18.2 Å². The predicted octanol–water partition coefficient (Wildman–Crippen LogP) is -2.90. The van der Waals surface area contributed by atoms with E-state index in [0.717, 1.165) is 32.4 Å². The van der Waals surface area contributed by atoms with Crippen LogP contribution < -0.4 is 22.4 Å². The second-order valence-corrected chi connectivity index (χ2v) is 8.43. The molecule has 1 aromatic rings. The fourth-order valence-electron chi connectivity index (χ4n) is 2.65. The van der Waals surface area contributed by atoms with Crippen LogP contribution in [0, 0.1) is 0 Å². The summed E-state index contributed by atoms with van der Waals surface area (Å²) in [5, 5.41) is 12.6. The first-order valence-corrected chi connectivity index (χ1v) is 9.58. The molecule has 1 aliphatic rings. The van der Waals surface area contributed by atoms with Crippen molar-refractivity contribution in [2.75, 3.05) is 63.1 Å². The van der Waals surface area contributed by atoms with E-state index in [-0.39, 0.29) is 29.8 Å². The van der Waals surface area contributed by atoms with Crippen molar-refractivity contribution in [1.82, 2.24) is 4.90 Å². The van der Waals surface area contributed by atoms with Crippen LogP contribution in [-0.4, -0.2) is 81.9 Å². The topological polar surface area (TPSA) is 98.7 Å². The number of rotatable bonds is 5. The van der Waals surface area contributed by atoms with Gasteiger partial charge in [0.2, 0.25) is 10.0 Å². The average Bonchev–Trinajstić information content (AvgIpc) is 2.44. The summed E-state index contributed by atoms with van der Waals surface area (Å²) in [6.07, 6.45) is 1.00. The molecule has 1 aliphatic heterocycles. The average molecular weight is 393 g/mol. The van der Waals surface area contributed by atoms with Crippen LogP contribution in [0.15, 0.2) is 18.2 Å². The number of piperazine rings is 1. The lowest BCUT2D eigenvalue weighted by Gasteiger charge is -2.40. The summed E-state index contributed by atoms with van der Waals surface area (Å²) >= 11 is 0. The maximum atomic E-state index is 12.3. The van der Waals surface area contributed by atoms with E-state index in [1.165, 1.54) is 12.1 Å². The van der Waals surface area contributed by atoms with E-state index in [9.17, 15) is 18.3 Å². The number of phenolic OH excluding ortho intramolecular Hbond substituents is 1. The van der Waals surface area contributed by atoms with Gasteiger partial charge in [-0.15, -0.1) is 0 Å². The minimum atomic E-state index is -3.47. The lowest BCUT2D eigenvalue weighted by atomic mass is 10.2. The first kappa shape index (κ1) is 21.5. The molecular formula is C15H25ClN4O4S. The molecule has 0 saturated carbocycles. The molecule has 0 atom stereocenters. The first-order valence-electron chi connectivity index (χ1n) is 7.69. The number of nitrogens with zero attached hydrogens (tertiary/aromatic N) is 2. The van der Waals surface area contributed by atoms with Crippen LogP contribution in [0.2, 0.25) is 0 Å². The van der Waals surface area contributed by atoms with E-state index in [4.69, 9.17) is 0 Å². The zero-order chi connectivity index (χ0) is 18.0. The van der Waals surface area contributed by atoms with Gasteiger partial charge in [-0.05, 0) is 19.2 Å². The molecule has 0 unspecified atom stereocenters. The smallest absolute Gasteiger partial charge is 0.279 e. The first-order chi connectivity index (χ1) is 11.1. The van der Waals surface area contributed by atoms with Crippen LogP contribution in [0.25, 0.3) is 0 Å². The standard InChI is InChI=1S/C15H24N4O4S.ClH/c1-18-6-8-19(2,9-7-18)11-15(21)16-12-4-5-13(14(20)10-12)17-24(3,22)23;/h4-5,10,17H,6-9,11H2,1-3H3,(H-,16,20,21);1H. The Hall–Kier alpha value is -1.55. The summed E-state index contributed by atoms with van der Waals surface area (Å²) in [4.78, 5) is 14.5. The molecule has 1 heterocycles. The highest BCUT2D eigenvalue weighted by atomic mass is 35.5. The second-order valence-electron chi connectivity index (χ2n) is 6.68. The minimum absolute atomic E-state index is 0. The van der Waals surface area contributed by atoms with Crippen molar-refractivity contribution in [2.24, 2.45) is 0 Å². The number of sulfonamides is 1. The largest absolute Gasteiger partial charge is 1.00 e. The number of aromatic hydroxyl groups is 1. The van der Waals surface area contributed by atoms with E-state index in [2.05, 4.69) is 29.0 Å². The van der Waals surface area contributed by atoms with E-state index in [0.29, 0.717) is 16.7 Å². The Kier molecular flexibility index (Phi) is 7.07. The monoisotopic (exact) mass is 392 g/mol. The molecule has 1 saturated heterocycles. The van der Waals surface area contributed by atoms with Crippen LogP contribution in [0.1, 0.15) is 0 Å². The maximum absolute atomic E-state index is 12.3. The van der Waals surface area contributed by atoms with Gasteiger partial charge in [0.25, 0.3) is 5.91 Å². The number of carbonyl (C=O) groups excluding carboxylic acids is 1. The molecule has 1 aromatic carbocycles. The highest BCUT2D eigenvalue weighted by Gasteiger charge is 2.29. The molecule has 0 bridgehead atoms. The number of hydrogen-bond acceptors (Lipinski definition) is 5. The van der Waals surface area contributed by atoms with E-state index < -0.39 is 10.0 Å². The minimum Gasteiger partial charge on any atom is -1.00 e. The molecule has 25 heavy (non-hydrogen) atoms. The molecule has 1 fully saturated rings. The fraction of sp³-hybridized carbons (Fsp3) is 0.533. The highest BCUT2D eigenvalue weighted by Crippen LogP contribution is 2.27. The van der Waals surface area contributed by atoms with Gasteiger partial charge < -0.3 is 27.3 Å². The third-order valence-electron chi connectivity index (χ3n) is 4.15. The number of hydrogen-bond donors (Lipinski definition) is 3. The number of anilines is 2. The van der Waals surface area contributed by atoms with Gasteiger partial charge in [0.05, 0.1) is 32.1 Å². The zero-order valence-electron chi connectivity index (χ0n) is 14.6. The molecule has 8 nitrogen and oxygen atoms in total. The number of quaternary nitrogens is 1. The Morgan fingerprint density at radius 3 is 2.44 bits per heavy atom. The van der Waals surface area contributed by atoms with Gasteiger partial charge in [0.1, 0.15) is 5.75 Å². The molecule has 142 valence electrons. The highest BCUT2D eigenvalue weighted by molar-refractivity contribution is 7.92. The van der Waals surface area contributed by atoms with Gasteiger partial charge >= 0.3 is 0 Å². The molecule has 0 radical (unpaired) electrons. The van der Waals surface area contributed by atoms with Gasteiger partial charge in [-0.1, -0.05) is 0 Å². The van der Waals surface area contributed by atoms with E-state index >= 15 is 0 Å². The summed E-state index contributed by atoms with van der Waals surface area (Å²) in [7, 11) is 0.655. The molecule has 0 aliphatic carbocycles. The van der Waals surface area contributed by atoms with Crippen molar-refractivity contribution in [1.29, 1.82) is 0 Å². The van der Waals surface area contributed by atoms with Crippen molar-refractivity contribution in [3.8, 4) is 5.75 Å². The van der Waals surface area contributed by atoms with Crippen molar-refractivity contribution < 1.29 is 35.2 Å². The Labute approximate surface area is 154 Å². The molecule has 10 heteroatoms. The molecule has 0 spiro atoms. The van der Waals surface area contributed by atoms with Gasteiger partial charge in [-0.25, -0.2) is 8.42 Å². The lowest BCUT2D eigenvalue weighted by Crippen LogP contribution is -3.00.